The predicted molar refractivity (Wildman–Crippen MR) is 34.9 cm³/mol. The van der Waals surface area contributed by atoms with Crippen molar-refractivity contribution in [2.45, 2.75) is 13.8 Å². The van der Waals surface area contributed by atoms with Gasteiger partial charge in [0.25, 0.3) is 0 Å². The second-order valence-electron chi connectivity index (χ2n) is 1.48. The van der Waals surface area contributed by atoms with E-state index in [1.165, 1.54) is 0 Å². The van der Waals surface area contributed by atoms with Crippen molar-refractivity contribution in [3.8, 4) is 12.8 Å². The third-order valence-electron chi connectivity index (χ3n) is 0.471. The van der Waals surface area contributed by atoms with Crippen LogP contribution in [0.4, 0.5) is 0 Å². The zero-order chi connectivity index (χ0) is 6.28. The Kier molecular flexibility index (Phi) is 12.3. The summed E-state index contributed by atoms with van der Waals surface area (Å²) >= 11 is 0. The van der Waals surface area contributed by atoms with E-state index in [0.717, 1.165) is 0 Å². The first-order valence-corrected chi connectivity index (χ1v) is 2.23. The molecule has 0 atom stereocenters. The lowest BCUT2D eigenvalue weighted by Crippen LogP contribution is -1.71. The number of hydrogen-bond acceptors (Lipinski definition) is 0. The largest absolute Gasteiger partial charge is 0.124 e. The van der Waals surface area contributed by atoms with Crippen LogP contribution in [0.15, 0.2) is 12.7 Å². The zero-order valence-corrected chi connectivity index (χ0v) is 5.02. The number of rotatable bonds is 1. The highest BCUT2D eigenvalue weighted by atomic mass is 13.8. The van der Waals surface area contributed by atoms with Gasteiger partial charge in [-0.3, -0.25) is 0 Å². The molecule has 0 fully saturated rings. The van der Waals surface area contributed by atoms with Gasteiger partial charge < -0.3 is 0 Å². The van der Waals surface area contributed by atoms with E-state index in [9.17, 15) is 0 Å². The second-order valence-corrected chi connectivity index (χ2v) is 1.48. The van der Waals surface area contributed by atoms with E-state index < -0.39 is 0 Å². The fourth-order valence-corrected chi connectivity index (χ4v) is 0. The first-order valence-electron chi connectivity index (χ1n) is 2.23. The van der Waals surface area contributed by atoms with Crippen LogP contribution in [-0.2, 0) is 0 Å². The predicted octanol–water partition coefficient (Wildman–Crippen LogP) is 2.08. The van der Waals surface area contributed by atoms with Gasteiger partial charge in [0.2, 0.25) is 0 Å². The molecule has 0 aliphatic heterocycles. The molecule has 0 aliphatic rings. The molecule has 0 bridgehead atoms. The molecule has 0 heteroatoms. The molecule has 0 rings (SSSR count). The zero-order valence-electron chi connectivity index (χ0n) is 5.02. The Morgan fingerprint density at radius 3 is 1.57 bits per heavy atom. The van der Waals surface area contributed by atoms with Crippen molar-refractivity contribution >= 4 is 0 Å². The molecule has 0 amide bonds. The summed E-state index contributed by atoms with van der Waals surface area (Å²) in [5, 5.41) is 0. The molecule has 0 N–H and O–H groups in total. The van der Waals surface area contributed by atoms with Crippen molar-refractivity contribution in [3.05, 3.63) is 12.7 Å². The van der Waals surface area contributed by atoms with Crippen LogP contribution in [0.25, 0.3) is 0 Å². The minimum absolute atomic E-state index is 0.648. The van der Waals surface area contributed by atoms with Gasteiger partial charge >= 0.3 is 0 Å². The smallest absolute Gasteiger partial charge is 0.0293 e. The summed E-state index contributed by atoms with van der Waals surface area (Å²) in [6, 6.07) is 0. The monoisotopic (exact) mass is 96.1 g/mol. The van der Waals surface area contributed by atoms with Crippen molar-refractivity contribution in [1.82, 2.24) is 0 Å². The quantitative estimate of drug-likeness (QED) is 0.346. The molecule has 0 unspecified atom stereocenters. The van der Waals surface area contributed by atoms with Gasteiger partial charge in [0.15, 0.2) is 0 Å². The van der Waals surface area contributed by atoms with Crippen molar-refractivity contribution < 1.29 is 0 Å². The van der Waals surface area contributed by atoms with E-state index in [2.05, 4.69) is 33.3 Å². The summed E-state index contributed by atoms with van der Waals surface area (Å²) in [4.78, 5) is 0. The van der Waals surface area contributed by atoms with E-state index in [0.29, 0.717) is 5.92 Å². The van der Waals surface area contributed by atoms with Gasteiger partial charge in [-0.1, -0.05) is 19.9 Å². The summed E-state index contributed by atoms with van der Waals surface area (Å²) in [6.45, 7) is 7.77. The molecule has 0 saturated heterocycles. The van der Waals surface area contributed by atoms with Crippen molar-refractivity contribution in [2.24, 2.45) is 5.92 Å². The molecular formula is C7H12. The molecule has 7 heavy (non-hydrogen) atoms. The van der Waals surface area contributed by atoms with Gasteiger partial charge in [0.1, 0.15) is 0 Å². The van der Waals surface area contributed by atoms with E-state index in [4.69, 9.17) is 0 Å². The van der Waals surface area contributed by atoms with Gasteiger partial charge in [-0.2, -0.15) is 0 Å². The van der Waals surface area contributed by atoms with Crippen LogP contribution in [0.3, 0.4) is 0 Å². The fourth-order valence-electron chi connectivity index (χ4n) is 0. The van der Waals surface area contributed by atoms with Crippen LogP contribution in [0.2, 0.25) is 0 Å². The highest BCUT2D eigenvalue weighted by Gasteiger charge is 1.73. The number of allylic oxidation sites excluding steroid dienone is 1. The molecule has 0 aliphatic carbocycles. The Morgan fingerprint density at radius 2 is 1.57 bits per heavy atom. The van der Waals surface area contributed by atoms with Crippen LogP contribution in [-0.4, -0.2) is 0 Å². The lowest BCUT2D eigenvalue weighted by Gasteiger charge is -1.84. The molecule has 0 aromatic carbocycles. The van der Waals surface area contributed by atoms with Crippen molar-refractivity contribution in [3.63, 3.8) is 0 Å². The SMILES string of the molecule is C#C.C=CC(C)C. The Balaban J connectivity index is 0. The fraction of sp³-hybridized carbons (Fsp3) is 0.429. The lowest BCUT2D eigenvalue weighted by molar-refractivity contribution is 0.835. The van der Waals surface area contributed by atoms with Crippen molar-refractivity contribution in [1.29, 1.82) is 0 Å². The minimum atomic E-state index is 0.648. The van der Waals surface area contributed by atoms with Crippen LogP contribution in [0.1, 0.15) is 13.8 Å². The van der Waals surface area contributed by atoms with Crippen LogP contribution in [0, 0.1) is 18.8 Å². The van der Waals surface area contributed by atoms with E-state index in [1.807, 2.05) is 6.08 Å². The molecule has 0 heterocycles. The molecule has 0 saturated carbocycles. The lowest BCUT2D eigenvalue weighted by atomic mass is 10.2. The maximum absolute atomic E-state index is 4.00. The van der Waals surface area contributed by atoms with Gasteiger partial charge in [0.05, 0.1) is 0 Å². The standard InChI is InChI=1S/C5H10.C2H2/c1-4-5(2)3;1-2/h4-5H,1H2,2-3H3;1-2H. The normalized spacial score (nSPS) is 6.43. The Labute approximate surface area is 46.2 Å². The number of hydrogen-bond donors (Lipinski definition) is 0. The summed E-state index contributed by atoms with van der Waals surface area (Å²) < 4.78 is 0. The minimum Gasteiger partial charge on any atom is -0.124 e. The second kappa shape index (κ2) is 9.00. The molecule has 0 aromatic rings. The van der Waals surface area contributed by atoms with E-state index in [1.54, 1.807) is 0 Å². The van der Waals surface area contributed by atoms with Gasteiger partial charge in [0, 0.05) is 0 Å². The maximum Gasteiger partial charge on any atom is -0.0293 e. The van der Waals surface area contributed by atoms with Crippen LogP contribution >= 0.6 is 0 Å². The van der Waals surface area contributed by atoms with Crippen LogP contribution in [0.5, 0.6) is 0 Å². The summed E-state index contributed by atoms with van der Waals surface area (Å²) in [5.41, 5.74) is 0. The molecule has 0 spiro atoms. The summed E-state index contributed by atoms with van der Waals surface area (Å²) in [6.07, 6.45) is 9.92. The molecule has 0 aromatic heterocycles. The molecular weight excluding hydrogens is 84.1 g/mol. The first-order chi connectivity index (χ1) is 3.27. The average molecular weight is 96.2 g/mol. The Hall–Kier alpha value is -0.700. The summed E-state index contributed by atoms with van der Waals surface area (Å²) in [5.74, 6) is 0.648. The van der Waals surface area contributed by atoms with Gasteiger partial charge in [-0.25, -0.2) is 0 Å². The molecule has 40 valence electrons. The maximum atomic E-state index is 4.00. The number of terminal acetylenes is 1. The van der Waals surface area contributed by atoms with E-state index in [-0.39, 0.29) is 0 Å². The van der Waals surface area contributed by atoms with E-state index >= 15 is 0 Å². The topological polar surface area (TPSA) is 0 Å². The van der Waals surface area contributed by atoms with Crippen LogP contribution < -0.4 is 0 Å². The third kappa shape index (κ3) is 34.2. The summed E-state index contributed by atoms with van der Waals surface area (Å²) in [7, 11) is 0. The molecule has 0 nitrogen and oxygen atoms in total. The highest BCUT2D eigenvalue weighted by Crippen LogP contribution is 1.87. The van der Waals surface area contributed by atoms with Crippen molar-refractivity contribution in [2.75, 3.05) is 0 Å². The molecule has 0 radical (unpaired) electrons. The Bertz CT molecular complexity index is 48.3. The van der Waals surface area contributed by atoms with Gasteiger partial charge in [-0.05, 0) is 5.92 Å². The first kappa shape index (κ1) is 9.57. The average Bonchev–Trinajstić information content (AvgIpc) is 1.73. The third-order valence-corrected chi connectivity index (χ3v) is 0.471. The van der Waals surface area contributed by atoms with Gasteiger partial charge in [-0.15, -0.1) is 19.4 Å². The Morgan fingerprint density at radius 1 is 1.43 bits per heavy atom. The highest BCUT2D eigenvalue weighted by molar-refractivity contribution is 4.69.